The number of halogens is 3. The Bertz CT molecular complexity index is 679. The highest BCUT2D eigenvalue weighted by atomic mass is 19.4. The Morgan fingerprint density at radius 1 is 1.20 bits per heavy atom. The van der Waals surface area contributed by atoms with E-state index in [9.17, 15) is 13.2 Å². The topological polar surface area (TPSA) is 84.8 Å². The third-order valence-electron chi connectivity index (χ3n) is 2.29. The summed E-state index contributed by atoms with van der Waals surface area (Å²) in [5.41, 5.74) is 4.03. The molecule has 0 unspecified atom stereocenters. The second kappa shape index (κ2) is 5.05. The third kappa shape index (κ3) is 2.77. The van der Waals surface area contributed by atoms with Crippen LogP contribution in [0.15, 0.2) is 30.6 Å². The van der Waals surface area contributed by atoms with Gasteiger partial charge in [-0.15, -0.1) is 0 Å². The van der Waals surface area contributed by atoms with Crippen molar-refractivity contribution in [3.63, 3.8) is 0 Å². The van der Waals surface area contributed by atoms with Gasteiger partial charge in [-0.2, -0.15) is 18.4 Å². The highest BCUT2D eigenvalue weighted by Crippen LogP contribution is 2.39. The van der Waals surface area contributed by atoms with Gasteiger partial charge in [0.15, 0.2) is 0 Å². The van der Waals surface area contributed by atoms with Crippen molar-refractivity contribution < 1.29 is 17.9 Å². The molecule has 0 saturated heterocycles. The molecule has 0 radical (unpaired) electrons. The molecule has 0 aliphatic heterocycles. The Balaban J connectivity index is 2.47. The van der Waals surface area contributed by atoms with E-state index < -0.39 is 17.5 Å². The number of nitriles is 1. The molecule has 102 valence electrons. The summed E-state index contributed by atoms with van der Waals surface area (Å²) in [6.45, 7) is 0. The van der Waals surface area contributed by atoms with E-state index in [1.807, 2.05) is 0 Å². The summed E-state index contributed by atoms with van der Waals surface area (Å²) < 4.78 is 43.7. The zero-order chi connectivity index (χ0) is 14.8. The van der Waals surface area contributed by atoms with E-state index >= 15 is 0 Å². The van der Waals surface area contributed by atoms with Crippen molar-refractivity contribution in [2.75, 3.05) is 5.73 Å². The van der Waals surface area contributed by atoms with Gasteiger partial charge in [-0.25, -0.2) is 9.97 Å². The molecule has 1 aromatic carbocycles. The largest absolute Gasteiger partial charge is 0.436 e. The molecular formula is C12H7F3N4O. The summed E-state index contributed by atoms with van der Waals surface area (Å²) in [5.74, 6) is -0.797. The number of aromatic nitrogens is 2. The highest BCUT2D eigenvalue weighted by molar-refractivity contribution is 5.50. The average molecular weight is 280 g/mol. The predicted molar refractivity (Wildman–Crippen MR) is 62.7 cm³/mol. The number of hydrogen-bond acceptors (Lipinski definition) is 5. The van der Waals surface area contributed by atoms with Crippen LogP contribution in [0.1, 0.15) is 11.3 Å². The van der Waals surface area contributed by atoms with Gasteiger partial charge in [-0.3, -0.25) is 0 Å². The number of hydrogen-bond donors (Lipinski definition) is 1. The minimum absolute atomic E-state index is 0.0515. The van der Waals surface area contributed by atoms with Crippen LogP contribution in [-0.4, -0.2) is 9.97 Å². The fraction of sp³-hybridized carbons (Fsp3) is 0.0833. The molecule has 0 fully saturated rings. The zero-order valence-corrected chi connectivity index (χ0v) is 9.85. The average Bonchev–Trinajstić information content (AvgIpc) is 2.40. The smallest absolute Gasteiger partial charge is 0.420 e. The molecule has 8 heteroatoms. The lowest BCUT2D eigenvalue weighted by Gasteiger charge is -2.13. The van der Waals surface area contributed by atoms with Gasteiger partial charge in [0.25, 0.3) is 5.88 Å². The van der Waals surface area contributed by atoms with Crippen LogP contribution in [0.5, 0.6) is 11.6 Å². The molecule has 0 aliphatic carbocycles. The lowest BCUT2D eigenvalue weighted by Crippen LogP contribution is -2.08. The van der Waals surface area contributed by atoms with Gasteiger partial charge in [0, 0.05) is 18.1 Å². The molecule has 0 bridgehead atoms. The number of ether oxygens (including phenoxy) is 1. The highest BCUT2D eigenvalue weighted by Gasteiger charge is 2.35. The summed E-state index contributed by atoms with van der Waals surface area (Å²) in [5, 5.41) is 8.80. The first-order valence-electron chi connectivity index (χ1n) is 5.27. The van der Waals surface area contributed by atoms with Crippen molar-refractivity contribution in [1.29, 1.82) is 5.26 Å². The van der Waals surface area contributed by atoms with Crippen LogP contribution in [0.2, 0.25) is 0 Å². The fourth-order valence-electron chi connectivity index (χ4n) is 1.44. The van der Waals surface area contributed by atoms with Crippen LogP contribution in [-0.2, 0) is 6.18 Å². The first-order chi connectivity index (χ1) is 9.41. The number of nitrogens with zero attached hydrogens (tertiary/aromatic N) is 3. The monoisotopic (exact) mass is 280 g/mol. The van der Waals surface area contributed by atoms with Gasteiger partial charge in [0.05, 0.1) is 0 Å². The molecule has 20 heavy (non-hydrogen) atoms. The first-order valence-corrected chi connectivity index (χ1v) is 5.27. The quantitative estimate of drug-likeness (QED) is 0.855. The molecule has 2 aromatic rings. The number of alkyl halides is 3. The lowest BCUT2D eigenvalue weighted by molar-refractivity contribution is -0.138. The van der Waals surface area contributed by atoms with Crippen LogP contribution in [0.3, 0.4) is 0 Å². The molecule has 0 saturated carbocycles. The second-order valence-electron chi connectivity index (χ2n) is 3.68. The van der Waals surface area contributed by atoms with E-state index in [0.717, 1.165) is 12.1 Å². The summed E-state index contributed by atoms with van der Waals surface area (Å²) in [6, 6.07) is 4.75. The van der Waals surface area contributed by atoms with Crippen LogP contribution < -0.4 is 10.5 Å². The van der Waals surface area contributed by atoms with Crippen LogP contribution in [0, 0.1) is 11.3 Å². The maximum absolute atomic E-state index is 12.9. The predicted octanol–water partition coefficient (Wildman–Crippen LogP) is 2.74. The molecular weight excluding hydrogens is 273 g/mol. The van der Waals surface area contributed by atoms with Crippen molar-refractivity contribution in [2.45, 2.75) is 6.18 Å². The minimum Gasteiger partial charge on any atom is -0.436 e. The van der Waals surface area contributed by atoms with Crippen molar-refractivity contribution >= 4 is 5.69 Å². The van der Waals surface area contributed by atoms with Crippen molar-refractivity contribution in [3.8, 4) is 17.7 Å². The Kier molecular flexibility index (Phi) is 3.43. The van der Waals surface area contributed by atoms with Crippen molar-refractivity contribution in [1.82, 2.24) is 9.97 Å². The van der Waals surface area contributed by atoms with Gasteiger partial charge in [0.1, 0.15) is 17.4 Å². The fourth-order valence-corrected chi connectivity index (χ4v) is 1.44. The van der Waals surface area contributed by atoms with Gasteiger partial charge in [-0.1, -0.05) is 0 Å². The first kappa shape index (κ1) is 13.6. The van der Waals surface area contributed by atoms with E-state index in [1.165, 1.54) is 18.5 Å². The van der Waals surface area contributed by atoms with E-state index in [4.69, 9.17) is 15.7 Å². The maximum atomic E-state index is 12.9. The molecule has 0 atom stereocenters. The molecule has 0 spiro atoms. The molecule has 2 rings (SSSR count). The molecule has 5 nitrogen and oxygen atoms in total. The number of anilines is 1. The summed E-state index contributed by atoms with van der Waals surface area (Å²) in [7, 11) is 0. The van der Waals surface area contributed by atoms with Crippen molar-refractivity contribution in [2.24, 2.45) is 0 Å². The van der Waals surface area contributed by atoms with Gasteiger partial charge >= 0.3 is 6.18 Å². The Hall–Kier alpha value is -2.82. The number of nitrogens with two attached hydrogens (primary N) is 1. The summed E-state index contributed by atoms with van der Waals surface area (Å²) in [4.78, 5) is 7.33. The number of nitrogen functional groups attached to an aromatic ring is 1. The Labute approximate surface area is 111 Å². The van der Waals surface area contributed by atoms with Crippen LogP contribution in [0.4, 0.5) is 18.9 Å². The molecule has 0 amide bonds. The van der Waals surface area contributed by atoms with Crippen LogP contribution >= 0.6 is 0 Å². The minimum atomic E-state index is -4.64. The maximum Gasteiger partial charge on any atom is 0.420 e. The SMILES string of the molecule is N#Cc1nccnc1Oc1ccc(N)cc1C(F)(F)F. The molecule has 1 heterocycles. The standard InChI is InChI=1S/C12H7F3N4O/c13-12(14,15)8-5-7(17)1-2-10(8)20-11-9(6-16)18-3-4-19-11/h1-5H,17H2. The normalized spacial score (nSPS) is 10.9. The molecule has 2 N–H and O–H groups in total. The zero-order valence-electron chi connectivity index (χ0n) is 9.85. The van der Waals surface area contributed by atoms with Gasteiger partial charge < -0.3 is 10.5 Å². The van der Waals surface area contributed by atoms with E-state index in [-0.39, 0.29) is 17.3 Å². The third-order valence-corrected chi connectivity index (χ3v) is 2.29. The van der Waals surface area contributed by atoms with Crippen LogP contribution in [0.25, 0.3) is 0 Å². The Morgan fingerprint density at radius 2 is 1.90 bits per heavy atom. The van der Waals surface area contributed by atoms with Gasteiger partial charge in [0.2, 0.25) is 5.69 Å². The molecule has 0 aliphatic rings. The van der Waals surface area contributed by atoms with Gasteiger partial charge in [-0.05, 0) is 18.2 Å². The summed E-state index contributed by atoms with van der Waals surface area (Å²) in [6.07, 6.45) is -2.19. The van der Waals surface area contributed by atoms with E-state index in [2.05, 4.69) is 9.97 Å². The Morgan fingerprint density at radius 3 is 2.55 bits per heavy atom. The van der Waals surface area contributed by atoms with E-state index in [0.29, 0.717) is 0 Å². The lowest BCUT2D eigenvalue weighted by atomic mass is 10.1. The number of rotatable bonds is 2. The second-order valence-corrected chi connectivity index (χ2v) is 3.68. The van der Waals surface area contributed by atoms with Crippen molar-refractivity contribution in [3.05, 3.63) is 41.9 Å². The summed E-state index contributed by atoms with van der Waals surface area (Å²) >= 11 is 0. The molecule has 1 aromatic heterocycles. The van der Waals surface area contributed by atoms with E-state index in [1.54, 1.807) is 6.07 Å². The number of benzene rings is 1.